The molecule has 0 aliphatic heterocycles. The van der Waals surface area contributed by atoms with Crippen LogP contribution >= 0.6 is 0 Å². The number of nitriles is 1. The van der Waals surface area contributed by atoms with Gasteiger partial charge in [-0.05, 0) is 52.6 Å². The highest BCUT2D eigenvalue weighted by Gasteiger charge is 2.47. The van der Waals surface area contributed by atoms with Gasteiger partial charge in [0.15, 0.2) is 0 Å². The summed E-state index contributed by atoms with van der Waals surface area (Å²) in [6.07, 6.45) is 3.72. The smallest absolute Gasteiger partial charge is 0.232 e. The highest BCUT2D eigenvalue weighted by atomic mass is 16.1. The molecule has 3 rings (SSSR count). The van der Waals surface area contributed by atoms with Crippen LogP contribution in [-0.4, -0.2) is 5.91 Å². The first-order valence-electron chi connectivity index (χ1n) is 9.02. The third-order valence-corrected chi connectivity index (χ3v) is 5.36. The predicted molar refractivity (Wildman–Crippen MR) is 100 cm³/mol. The van der Waals surface area contributed by atoms with Crippen molar-refractivity contribution in [2.24, 2.45) is 5.73 Å². The van der Waals surface area contributed by atoms with Crippen LogP contribution in [0.5, 0.6) is 0 Å². The summed E-state index contributed by atoms with van der Waals surface area (Å²) >= 11 is 0. The van der Waals surface area contributed by atoms with E-state index in [4.69, 9.17) is 11.0 Å². The Morgan fingerprint density at radius 1 is 1.08 bits per heavy atom. The fraction of sp³-hybridized carbons (Fsp3) is 0.364. The van der Waals surface area contributed by atoms with Crippen LogP contribution < -0.4 is 5.73 Å². The van der Waals surface area contributed by atoms with Crippen LogP contribution in [-0.2, 0) is 23.1 Å². The predicted octanol–water partition coefficient (Wildman–Crippen LogP) is 4.26. The largest absolute Gasteiger partial charge is 0.369 e. The van der Waals surface area contributed by atoms with Gasteiger partial charge in [0.2, 0.25) is 5.91 Å². The summed E-state index contributed by atoms with van der Waals surface area (Å²) < 4.78 is 0. The van der Waals surface area contributed by atoms with Crippen molar-refractivity contribution in [3.63, 3.8) is 0 Å². The normalized spacial score (nSPS) is 17.6. The van der Waals surface area contributed by atoms with Crippen molar-refractivity contribution >= 4 is 5.91 Å². The molecule has 0 heterocycles. The Hall–Kier alpha value is -2.60. The highest BCUT2D eigenvalue weighted by molar-refractivity contribution is 6.00. The second-order valence-corrected chi connectivity index (χ2v) is 6.79. The van der Waals surface area contributed by atoms with Gasteiger partial charge in [-0.1, -0.05) is 56.7 Å². The van der Waals surface area contributed by atoms with Crippen LogP contribution in [0.2, 0.25) is 0 Å². The molecule has 3 heteroatoms. The van der Waals surface area contributed by atoms with Gasteiger partial charge in [0, 0.05) is 6.42 Å². The van der Waals surface area contributed by atoms with Gasteiger partial charge in [0.25, 0.3) is 0 Å². The zero-order valence-electron chi connectivity index (χ0n) is 14.9. The van der Waals surface area contributed by atoms with Gasteiger partial charge in [-0.2, -0.15) is 5.26 Å². The third kappa shape index (κ3) is 2.62. The molecule has 1 unspecified atom stereocenters. The molecule has 2 aromatic rings. The van der Waals surface area contributed by atoms with E-state index in [1.54, 1.807) is 0 Å². The van der Waals surface area contributed by atoms with Gasteiger partial charge in [-0.15, -0.1) is 0 Å². The standard InChI is InChI=1S/C22H24N2O/c1-3-6-16-8-10-19-18(13-16)17-9-7-15(4-2)14-20(17)22(19,21(24)25)11-5-12-23/h7-10,13-14H,3-6,11H2,1-2H3,(H2,24,25). The number of carbonyl (C=O) groups excluding carboxylic acids is 1. The molecule has 0 saturated carbocycles. The molecule has 2 N–H and O–H groups in total. The minimum atomic E-state index is -0.893. The Labute approximate surface area is 149 Å². The maximum absolute atomic E-state index is 12.7. The first kappa shape index (κ1) is 17.2. The molecule has 0 aromatic heterocycles. The number of fused-ring (bicyclic) bond motifs is 3. The Morgan fingerprint density at radius 2 is 1.84 bits per heavy atom. The molecule has 0 saturated heterocycles. The highest BCUT2D eigenvalue weighted by Crippen LogP contribution is 2.51. The van der Waals surface area contributed by atoms with E-state index in [0.29, 0.717) is 12.8 Å². The second kappa shape index (κ2) is 6.72. The monoisotopic (exact) mass is 332 g/mol. The number of benzene rings is 2. The van der Waals surface area contributed by atoms with Crippen LogP contribution in [0.4, 0.5) is 0 Å². The van der Waals surface area contributed by atoms with Crippen molar-refractivity contribution in [3.05, 3.63) is 58.7 Å². The number of hydrogen-bond acceptors (Lipinski definition) is 2. The maximum Gasteiger partial charge on any atom is 0.232 e. The SMILES string of the molecule is CCCc1ccc2c(c1)-c1ccc(CC)cc1C2(CCC#N)C(N)=O. The average molecular weight is 332 g/mol. The molecule has 3 nitrogen and oxygen atoms in total. The molecular formula is C22H24N2O. The zero-order valence-corrected chi connectivity index (χ0v) is 14.9. The summed E-state index contributed by atoms with van der Waals surface area (Å²) in [5.41, 5.74) is 11.6. The van der Waals surface area contributed by atoms with E-state index in [-0.39, 0.29) is 5.91 Å². The van der Waals surface area contributed by atoms with Crippen LogP contribution in [0.1, 0.15) is 55.4 Å². The molecular weight excluding hydrogens is 308 g/mol. The topological polar surface area (TPSA) is 66.9 Å². The number of carbonyl (C=O) groups is 1. The molecule has 2 aromatic carbocycles. The summed E-state index contributed by atoms with van der Waals surface area (Å²) in [5.74, 6) is -0.362. The molecule has 0 spiro atoms. The van der Waals surface area contributed by atoms with E-state index >= 15 is 0 Å². The molecule has 1 aliphatic rings. The van der Waals surface area contributed by atoms with Crippen molar-refractivity contribution in [1.82, 2.24) is 0 Å². The average Bonchev–Trinajstić information content (AvgIpc) is 2.90. The summed E-state index contributed by atoms with van der Waals surface area (Å²) in [7, 11) is 0. The Kier molecular flexibility index (Phi) is 4.63. The third-order valence-electron chi connectivity index (χ3n) is 5.36. The lowest BCUT2D eigenvalue weighted by atomic mass is 9.73. The van der Waals surface area contributed by atoms with E-state index in [2.05, 4.69) is 50.2 Å². The summed E-state index contributed by atoms with van der Waals surface area (Å²) in [6.45, 7) is 4.26. The van der Waals surface area contributed by atoms with E-state index in [1.165, 1.54) is 11.1 Å². The van der Waals surface area contributed by atoms with Crippen LogP contribution in [0.25, 0.3) is 11.1 Å². The van der Waals surface area contributed by atoms with Gasteiger partial charge in [0.1, 0.15) is 5.41 Å². The quantitative estimate of drug-likeness (QED) is 0.859. The molecule has 1 amide bonds. The molecule has 0 radical (unpaired) electrons. The number of aryl methyl sites for hydroxylation is 2. The van der Waals surface area contributed by atoms with Gasteiger partial charge >= 0.3 is 0 Å². The number of amides is 1. The number of rotatable bonds is 6. The Balaban J connectivity index is 2.30. The van der Waals surface area contributed by atoms with Gasteiger partial charge in [-0.3, -0.25) is 4.79 Å². The lowest BCUT2D eigenvalue weighted by molar-refractivity contribution is -0.122. The van der Waals surface area contributed by atoms with Crippen molar-refractivity contribution in [2.75, 3.05) is 0 Å². The zero-order chi connectivity index (χ0) is 18.0. The van der Waals surface area contributed by atoms with Crippen LogP contribution in [0.3, 0.4) is 0 Å². The molecule has 1 atom stereocenters. The fourth-order valence-corrected chi connectivity index (χ4v) is 4.08. The number of nitrogens with two attached hydrogens (primary N) is 1. The van der Waals surface area contributed by atoms with Crippen LogP contribution in [0.15, 0.2) is 36.4 Å². The first-order valence-corrected chi connectivity index (χ1v) is 9.02. The summed E-state index contributed by atoms with van der Waals surface area (Å²) in [5, 5.41) is 9.13. The minimum absolute atomic E-state index is 0.300. The molecule has 128 valence electrons. The summed E-state index contributed by atoms with van der Waals surface area (Å²) in [4.78, 5) is 12.7. The van der Waals surface area contributed by atoms with Crippen molar-refractivity contribution in [3.8, 4) is 17.2 Å². The lowest BCUT2D eigenvalue weighted by Crippen LogP contribution is -2.40. The molecule has 0 bridgehead atoms. The van der Waals surface area contributed by atoms with E-state index in [1.807, 2.05) is 6.07 Å². The van der Waals surface area contributed by atoms with Crippen LogP contribution in [0, 0.1) is 11.3 Å². The van der Waals surface area contributed by atoms with E-state index < -0.39 is 5.41 Å². The van der Waals surface area contributed by atoms with Crippen molar-refractivity contribution in [2.45, 2.75) is 51.4 Å². The van der Waals surface area contributed by atoms with Gasteiger partial charge < -0.3 is 5.73 Å². The van der Waals surface area contributed by atoms with E-state index in [0.717, 1.165) is 41.5 Å². The number of nitrogens with zero attached hydrogens (tertiary/aromatic N) is 1. The molecule has 1 aliphatic carbocycles. The maximum atomic E-state index is 12.7. The van der Waals surface area contributed by atoms with Crippen molar-refractivity contribution in [1.29, 1.82) is 5.26 Å². The van der Waals surface area contributed by atoms with Gasteiger partial charge in [-0.25, -0.2) is 0 Å². The fourth-order valence-electron chi connectivity index (χ4n) is 4.08. The van der Waals surface area contributed by atoms with E-state index in [9.17, 15) is 4.79 Å². The lowest BCUT2D eigenvalue weighted by Gasteiger charge is -2.28. The Bertz CT molecular complexity index is 863. The Morgan fingerprint density at radius 3 is 2.48 bits per heavy atom. The summed E-state index contributed by atoms with van der Waals surface area (Å²) in [6, 6.07) is 14.9. The second-order valence-electron chi connectivity index (χ2n) is 6.79. The van der Waals surface area contributed by atoms with Gasteiger partial charge in [0.05, 0.1) is 6.07 Å². The molecule has 25 heavy (non-hydrogen) atoms. The molecule has 0 fully saturated rings. The minimum Gasteiger partial charge on any atom is -0.369 e. The number of primary amides is 1. The first-order chi connectivity index (χ1) is 12.1. The van der Waals surface area contributed by atoms with Crippen molar-refractivity contribution < 1.29 is 4.79 Å². The number of hydrogen-bond donors (Lipinski definition) is 1.